The summed E-state index contributed by atoms with van der Waals surface area (Å²) in [6, 6.07) is 4.22. The Bertz CT molecular complexity index is 672. The average Bonchev–Trinajstić information content (AvgIpc) is 3.19. The van der Waals surface area contributed by atoms with Crippen LogP contribution in [-0.4, -0.2) is 19.8 Å². The Labute approximate surface area is 129 Å². The number of rotatable bonds is 5. The Hall–Kier alpha value is -1.72. The summed E-state index contributed by atoms with van der Waals surface area (Å²) >= 11 is 5.90. The minimum absolute atomic E-state index is 0.238. The second kappa shape index (κ2) is 5.58. The second-order valence-electron chi connectivity index (χ2n) is 5.65. The topological polar surface area (TPSA) is 72.6 Å². The quantitative estimate of drug-likeness (QED) is 0.505. The number of alkyl halides is 1. The molecule has 1 aliphatic rings. The van der Waals surface area contributed by atoms with Crippen molar-refractivity contribution in [3.05, 3.63) is 47.7 Å². The number of fused-ring (bicyclic) bond motifs is 1. The van der Waals surface area contributed by atoms with Crippen LogP contribution in [0.1, 0.15) is 36.9 Å². The molecule has 0 spiro atoms. The van der Waals surface area contributed by atoms with E-state index >= 15 is 0 Å². The Morgan fingerprint density at radius 3 is 2.95 bits per heavy atom. The predicted octanol–water partition coefficient (Wildman–Crippen LogP) is 2.31. The fourth-order valence-corrected chi connectivity index (χ4v) is 2.38. The van der Waals surface area contributed by atoms with Gasteiger partial charge in [0.05, 0.1) is 17.6 Å². The molecule has 0 bridgehead atoms. The minimum atomic E-state index is -0.238. The van der Waals surface area contributed by atoms with E-state index in [2.05, 4.69) is 27.7 Å². The molecule has 0 radical (unpaired) electrons. The van der Waals surface area contributed by atoms with Gasteiger partial charge in [0, 0.05) is 24.3 Å². The molecule has 0 saturated heterocycles. The first kappa shape index (κ1) is 14.2. The Morgan fingerprint density at radius 2 is 2.29 bits per heavy atom. The summed E-state index contributed by atoms with van der Waals surface area (Å²) in [4.78, 5) is 4.56. The summed E-state index contributed by atoms with van der Waals surface area (Å²) in [5.41, 5.74) is 9.55. The molecule has 2 heterocycles. The standard InChI is InChI=1S/C15H20ClN5/c1-10(16)14(17)9-21(18)8-13-7-20-6-12(11-2-3-11)4-5-15(20)19-13/h4-7,9-11H,2-3,8,17-18H2,1H3/b14-9-. The highest BCUT2D eigenvalue weighted by atomic mass is 35.5. The molecule has 2 aromatic rings. The van der Waals surface area contributed by atoms with Crippen LogP contribution >= 0.6 is 11.6 Å². The van der Waals surface area contributed by atoms with Crippen molar-refractivity contribution in [2.24, 2.45) is 11.6 Å². The molecular weight excluding hydrogens is 286 g/mol. The normalized spacial score (nSPS) is 17.2. The number of nitrogens with zero attached hydrogens (tertiary/aromatic N) is 3. The van der Waals surface area contributed by atoms with E-state index < -0.39 is 0 Å². The summed E-state index contributed by atoms with van der Waals surface area (Å²) in [5, 5.41) is 1.27. The number of imidazole rings is 1. The van der Waals surface area contributed by atoms with Crippen LogP contribution in [0.4, 0.5) is 0 Å². The molecule has 1 atom stereocenters. The first-order valence-electron chi connectivity index (χ1n) is 7.13. The third kappa shape index (κ3) is 3.31. The van der Waals surface area contributed by atoms with Crippen molar-refractivity contribution in [2.75, 3.05) is 0 Å². The van der Waals surface area contributed by atoms with E-state index in [1.54, 1.807) is 6.20 Å². The van der Waals surface area contributed by atoms with Crippen LogP contribution in [0.25, 0.3) is 5.65 Å². The summed E-state index contributed by atoms with van der Waals surface area (Å²) in [5.74, 6) is 6.66. The largest absolute Gasteiger partial charge is 0.400 e. The SMILES string of the molecule is CC(Cl)/C(N)=C/N(N)Cc1cn2cc(C3CC3)ccc2n1. The van der Waals surface area contributed by atoms with Gasteiger partial charge in [-0.15, -0.1) is 11.6 Å². The van der Waals surface area contributed by atoms with Crippen molar-refractivity contribution >= 4 is 17.2 Å². The van der Waals surface area contributed by atoms with E-state index in [1.165, 1.54) is 23.4 Å². The van der Waals surface area contributed by atoms with Gasteiger partial charge in [-0.25, -0.2) is 10.8 Å². The lowest BCUT2D eigenvalue weighted by atomic mass is 10.2. The van der Waals surface area contributed by atoms with E-state index in [9.17, 15) is 0 Å². The van der Waals surface area contributed by atoms with E-state index in [1.807, 2.05) is 13.1 Å². The van der Waals surface area contributed by atoms with Gasteiger partial charge in [-0.3, -0.25) is 0 Å². The van der Waals surface area contributed by atoms with Crippen molar-refractivity contribution in [1.29, 1.82) is 0 Å². The monoisotopic (exact) mass is 305 g/mol. The van der Waals surface area contributed by atoms with E-state index in [-0.39, 0.29) is 5.38 Å². The van der Waals surface area contributed by atoms with Crippen LogP contribution in [-0.2, 0) is 6.54 Å². The van der Waals surface area contributed by atoms with Crippen molar-refractivity contribution in [2.45, 2.75) is 37.6 Å². The van der Waals surface area contributed by atoms with Crippen LogP contribution in [0.15, 0.2) is 36.4 Å². The number of hydrogen-bond donors (Lipinski definition) is 2. The molecule has 21 heavy (non-hydrogen) atoms. The molecule has 5 nitrogen and oxygen atoms in total. The van der Waals surface area contributed by atoms with Gasteiger partial charge in [0.1, 0.15) is 5.65 Å². The van der Waals surface area contributed by atoms with Crippen molar-refractivity contribution in [1.82, 2.24) is 14.4 Å². The molecule has 0 amide bonds. The molecule has 0 aliphatic heterocycles. The Morgan fingerprint density at radius 1 is 1.52 bits per heavy atom. The highest BCUT2D eigenvalue weighted by molar-refractivity contribution is 6.22. The molecule has 4 N–H and O–H groups in total. The van der Waals surface area contributed by atoms with Gasteiger partial charge in [0.15, 0.2) is 0 Å². The molecule has 112 valence electrons. The molecule has 1 unspecified atom stereocenters. The maximum atomic E-state index is 5.92. The molecule has 1 aliphatic carbocycles. The third-order valence-electron chi connectivity index (χ3n) is 3.69. The maximum absolute atomic E-state index is 5.92. The average molecular weight is 306 g/mol. The van der Waals surface area contributed by atoms with Crippen molar-refractivity contribution in [3.63, 3.8) is 0 Å². The van der Waals surface area contributed by atoms with Crippen LogP contribution in [0.5, 0.6) is 0 Å². The third-order valence-corrected chi connectivity index (χ3v) is 3.94. The lowest BCUT2D eigenvalue weighted by molar-refractivity contribution is 0.378. The highest BCUT2D eigenvalue weighted by Crippen LogP contribution is 2.39. The zero-order valence-electron chi connectivity index (χ0n) is 12.0. The molecule has 1 fully saturated rings. The van der Waals surface area contributed by atoms with Crippen LogP contribution in [0.2, 0.25) is 0 Å². The summed E-state index contributed by atoms with van der Waals surface area (Å²) < 4.78 is 2.06. The number of hydrogen-bond acceptors (Lipinski definition) is 4. The van der Waals surface area contributed by atoms with Gasteiger partial charge in [0.2, 0.25) is 0 Å². The van der Waals surface area contributed by atoms with Crippen molar-refractivity contribution < 1.29 is 0 Å². The van der Waals surface area contributed by atoms with Crippen molar-refractivity contribution in [3.8, 4) is 0 Å². The van der Waals surface area contributed by atoms with E-state index in [0.717, 1.165) is 17.3 Å². The minimum Gasteiger partial charge on any atom is -0.400 e. The van der Waals surface area contributed by atoms with Crippen LogP contribution < -0.4 is 11.6 Å². The van der Waals surface area contributed by atoms with E-state index in [4.69, 9.17) is 23.2 Å². The number of aromatic nitrogens is 2. The zero-order chi connectivity index (χ0) is 15.0. The molecule has 6 heteroatoms. The molecule has 0 aromatic carbocycles. The summed E-state index contributed by atoms with van der Waals surface area (Å²) in [6.45, 7) is 2.30. The van der Waals surface area contributed by atoms with Gasteiger partial charge in [0.25, 0.3) is 0 Å². The number of nitrogens with two attached hydrogens (primary N) is 2. The fourth-order valence-electron chi connectivity index (χ4n) is 2.32. The molecular formula is C15H20ClN5. The smallest absolute Gasteiger partial charge is 0.137 e. The second-order valence-corrected chi connectivity index (χ2v) is 6.31. The lowest BCUT2D eigenvalue weighted by Gasteiger charge is -2.14. The van der Waals surface area contributed by atoms with Crippen LogP contribution in [0.3, 0.4) is 0 Å². The first-order valence-corrected chi connectivity index (χ1v) is 7.56. The Kier molecular flexibility index (Phi) is 3.78. The number of pyridine rings is 1. The van der Waals surface area contributed by atoms with Gasteiger partial charge in [-0.1, -0.05) is 6.07 Å². The zero-order valence-corrected chi connectivity index (χ0v) is 12.8. The van der Waals surface area contributed by atoms with Crippen LogP contribution in [0, 0.1) is 0 Å². The van der Waals surface area contributed by atoms with Gasteiger partial charge in [-0.2, -0.15) is 0 Å². The predicted molar refractivity (Wildman–Crippen MR) is 84.5 cm³/mol. The number of hydrazine groups is 1. The Balaban J connectivity index is 1.76. The maximum Gasteiger partial charge on any atom is 0.137 e. The van der Waals surface area contributed by atoms with Gasteiger partial charge >= 0.3 is 0 Å². The fraction of sp³-hybridized carbons (Fsp3) is 0.400. The van der Waals surface area contributed by atoms with E-state index in [0.29, 0.717) is 12.2 Å². The molecule has 2 aromatic heterocycles. The molecule has 1 saturated carbocycles. The number of halogens is 1. The van der Waals surface area contributed by atoms with Gasteiger partial charge < -0.3 is 15.1 Å². The summed E-state index contributed by atoms with van der Waals surface area (Å²) in [6.07, 6.45) is 8.41. The number of allylic oxidation sites excluding steroid dienone is 1. The summed E-state index contributed by atoms with van der Waals surface area (Å²) in [7, 11) is 0. The van der Waals surface area contributed by atoms with Gasteiger partial charge in [-0.05, 0) is 37.3 Å². The highest BCUT2D eigenvalue weighted by Gasteiger charge is 2.23. The molecule has 3 rings (SSSR count). The first-order chi connectivity index (χ1) is 10.0. The lowest BCUT2D eigenvalue weighted by Crippen LogP contribution is -2.27.